The molecule has 0 heterocycles. The number of hydrogen-bond acceptors (Lipinski definition) is 3. The molecule has 24 heavy (non-hydrogen) atoms. The van der Waals surface area contributed by atoms with Gasteiger partial charge in [0.2, 0.25) is 0 Å². The summed E-state index contributed by atoms with van der Waals surface area (Å²) in [6.45, 7) is 3.97. The van der Waals surface area contributed by atoms with Crippen LogP contribution < -0.4 is 20.9 Å². The molecule has 2 rings (SSSR count). The molecule has 0 radical (unpaired) electrons. The summed E-state index contributed by atoms with van der Waals surface area (Å²) in [4.78, 5) is 11.8. The zero-order valence-electron chi connectivity index (χ0n) is 13.6. The van der Waals surface area contributed by atoms with E-state index in [1.165, 1.54) is 0 Å². The van der Waals surface area contributed by atoms with Crippen LogP contribution in [0, 0.1) is 0 Å². The molecule has 0 fully saturated rings. The summed E-state index contributed by atoms with van der Waals surface area (Å²) < 4.78 is 6.54. The van der Waals surface area contributed by atoms with E-state index in [0.717, 1.165) is 21.7 Å². The van der Waals surface area contributed by atoms with E-state index < -0.39 is 0 Å². The van der Waals surface area contributed by atoms with Crippen LogP contribution in [0.15, 0.2) is 40.9 Å². The Kier molecular flexibility index (Phi) is 6.81. The summed E-state index contributed by atoms with van der Waals surface area (Å²) in [6, 6.07) is 11.9. The smallest absolute Gasteiger partial charge is 0.276 e. The van der Waals surface area contributed by atoms with E-state index in [9.17, 15) is 4.79 Å². The average Bonchev–Trinajstić information content (AvgIpc) is 2.57. The maximum Gasteiger partial charge on any atom is 0.276 e. The van der Waals surface area contributed by atoms with E-state index >= 15 is 0 Å². The minimum absolute atomic E-state index is 0.0963. The van der Waals surface area contributed by atoms with Crippen LogP contribution in [-0.2, 0) is 4.79 Å². The SMILES string of the molecule is CC[C@@H](C)NC(=S)NNC(=O)COc1ccc2cc(Br)ccc2c1. The maximum atomic E-state index is 11.8. The number of fused-ring (bicyclic) bond motifs is 1. The summed E-state index contributed by atoms with van der Waals surface area (Å²) in [6.07, 6.45) is 0.942. The van der Waals surface area contributed by atoms with Crippen molar-refractivity contribution in [2.24, 2.45) is 0 Å². The Balaban J connectivity index is 1.81. The molecule has 0 aliphatic heterocycles. The lowest BCUT2D eigenvalue weighted by atomic mass is 10.1. The van der Waals surface area contributed by atoms with Gasteiger partial charge in [0.25, 0.3) is 5.91 Å². The van der Waals surface area contributed by atoms with Crippen LogP contribution in [0.3, 0.4) is 0 Å². The van der Waals surface area contributed by atoms with Gasteiger partial charge in [-0.2, -0.15) is 0 Å². The van der Waals surface area contributed by atoms with Crippen molar-refractivity contribution in [3.8, 4) is 5.75 Å². The normalized spacial score (nSPS) is 11.6. The molecule has 2 aromatic carbocycles. The molecule has 128 valence electrons. The van der Waals surface area contributed by atoms with Gasteiger partial charge >= 0.3 is 0 Å². The summed E-state index contributed by atoms with van der Waals surface area (Å²) in [7, 11) is 0. The topological polar surface area (TPSA) is 62.4 Å². The number of hydrazine groups is 1. The molecule has 3 N–H and O–H groups in total. The van der Waals surface area contributed by atoms with Gasteiger partial charge in [0.05, 0.1) is 0 Å². The maximum absolute atomic E-state index is 11.8. The third kappa shape index (κ3) is 5.65. The first-order valence-electron chi connectivity index (χ1n) is 7.65. The monoisotopic (exact) mass is 409 g/mol. The third-order valence-electron chi connectivity index (χ3n) is 3.45. The lowest BCUT2D eigenvalue weighted by molar-refractivity contribution is -0.123. The number of nitrogens with one attached hydrogen (secondary N) is 3. The van der Waals surface area contributed by atoms with Crippen LogP contribution in [-0.4, -0.2) is 23.7 Å². The Hall–Kier alpha value is -1.86. The number of carbonyl (C=O) groups is 1. The zero-order valence-corrected chi connectivity index (χ0v) is 16.0. The Labute approximate surface area is 155 Å². The van der Waals surface area contributed by atoms with Crippen molar-refractivity contribution < 1.29 is 9.53 Å². The van der Waals surface area contributed by atoms with E-state index in [4.69, 9.17) is 17.0 Å². The standard InChI is InChI=1S/C17H20BrN3O2S/c1-3-11(2)19-17(24)21-20-16(22)10-23-15-7-5-12-8-14(18)6-4-13(12)9-15/h4-9,11H,3,10H2,1-2H3,(H,20,22)(H2,19,21,24)/t11-/m1/s1. The van der Waals surface area contributed by atoms with Crippen LogP contribution in [0.25, 0.3) is 10.8 Å². The van der Waals surface area contributed by atoms with Crippen molar-refractivity contribution >= 4 is 49.9 Å². The van der Waals surface area contributed by atoms with Crippen molar-refractivity contribution in [1.82, 2.24) is 16.2 Å². The molecule has 2 aromatic rings. The van der Waals surface area contributed by atoms with Crippen molar-refractivity contribution in [2.75, 3.05) is 6.61 Å². The third-order valence-corrected chi connectivity index (χ3v) is 4.16. The first-order valence-corrected chi connectivity index (χ1v) is 8.85. The number of rotatable bonds is 5. The Morgan fingerprint density at radius 3 is 2.67 bits per heavy atom. The first kappa shape index (κ1) is 18.5. The minimum Gasteiger partial charge on any atom is -0.484 e. The summed E-state index contributed by atoms with van der Waals surface area (Å²) >= 11 is 8.52. The predicted octanol–water partition coefficient (Wildman–Crippen LogP) is 3.27. The highest BCUT2D eigenvalue weighted by molar-refractivity contribution is 9.10. The van der Waals surface area contributed by atoms with Gasteiger partial charge in [-0.05, 0) is 60.6 Å². The number of halogens is 1. The van der Waals surface area contributed by atoms with Crippen molar-refractivity contribution in [1.29, 1.82) is 0 Å². The summed E-state index contributed by atoms with van der Waals surface area (Å²) in [5.74, 6) is 0.333. The highest BCUT2D eigenvalue weighted by atomic mass is 79.9. The largest absolute Gasteiger partial charge is 0.484 e. The summed E-state index contributed by atoms with van der Waals surface area (Å²) in [5.41, 5.74) is 5.16. The number of hydrogen-bond donors (Lipinski definition) is 3. The van der Waals surface area contributed by atoms with Crippen LogP contribution in [0.1, 0.15) is 20.3 Å². The molecule has 0 saturated carbocycles. The molecule has 7 heteroatoms. The van der Waals surface area contributed by atoms with E-state index in [1.807, 2.05) is 43.3 Å². The van der Waals surface area contributed by atoms with Crippen molar-refractivity contribution in [3.63, 3.8) is 0 Å². The summed E-state index contributed by atoms with van der Waals surface area (Å²) in [5, 5.41) is 5.58. The fourth-order valence-corrected chi connectivity index (χ4v) is 2.59. The molecule has 0 aliphatic rings. The van der Waals surface area contributed by atoms with Crippen LogP contribution in [0.5, 0.6) is 5.75 Å². The van der Waals surface area contributed by atoms with E-state index in [1.54, 1.807) is 0 Å². The minimum atomic E-state index is -0.306. The van der Waals surface area contributed by atoms with Gasteiger partial charge in [0.1, 0.15) is 5.75 Å². The fraction of sp³-hybridized carbons (Fsp3) is 0.294. The van der Waals surface area contributed by atoms with Crippen LogP contribution in [0.4, 0.5) is 0 Å². The molecule has 1 amide bonds. The molecular weight excluding hydrogens is 390 g/mol. The molecule has 1 atom stereocenters. The van der Waals surface area contributed by atoms with Gasteiger partial charge in [-0.3, -0.25) is 15.6 Å². The second-order valence-corrected chi connectivity index (χ2v) is 6.72. The van der Waals surface area contributed by atoms with Gasteiger partial charge < -0.3 is 10.1 Å². The van der Waals surface area contributed by atoms with Gasteiger partial charge in [-0.1, -0.05) is 35.0 Å². The van der Waals surface area contributed by atoms with Gasteiger partial charge in [-0.25, -0.2) is 0 Å². The second-order valence-electron chi connectivity index (χ2n) is 5.40. The van der Waals surface area contributed by atoms with Crippen LogP contribution >= 0.6 is 28.1 Å². The molecule has 0 unspecified atom stereocenters. The second kappa shape index (κ2) is 8.84. The van der Waals surface area contributed by atoms with Crippen LogP contribution in [0.2, 0.25) is 0 Å². The number of amides is 1. The quantitative estimate of drug-likeness (QED) is 0.522. The number of thiocarbonyl (C=S) groups is 1. The molecule has 0 aromatic heterocycles. The number of benzene rings is 2. The lowest BCUT2D eigenvalue weighted by Gasteiger charge is -2.15. The first-order chi connectivity index (χ1) is 11.5. The van der Waals surface area contributed by atoms with Crippen molar-refractivity contribution in [2.45, 2.75) is 26.3 Å². The van der Waals surface area contributed by atoms with E-state index in [-0.39, 0.29) is 18.6 Å². The molecular formula is C17H20BrN3O2S. The van der Waals surface area contributed by atoms with E-state index in [2.05, 4.69) is 39.0 Å². The molecule has 5 nitrogen and oxygen atoms in total. The molecule has 0 spiro atoms. The average molecular weight is 410 g/mol. The lowest BCUT2D eigenvalue weighted by Crippen LogP contribution is -2.50. The molecule has 0 saturated heterocycles. The fourth-order valence-electron chi connectivity index (χ4n) is 1.96. The van der Waals surface area contributed by atoms with E-state index in [0.29, 0.717) is 10.9 Å². The highest BCUT2D eigenvalue weighted by Crippen LogP contribution is 2.24. The Morgan fingerprint density at radius 1 is 1.21 bits per heavy atom. The van der Waals surface area contributed by atoms with Crippen molar-refractivity contribution in [3.05, 3.63) is 40.9 Å². The Bertz CT molecular complexity index is 739. The molecule has 0 bridgehead atoms. The highest BCUT2D eigenvalue weighted by Gasteiger charge is 2.06. The van der Waals surface area contributed by atoms with Gasteiger partial charge in [0.15, 0.2) is 11.7 Å². The molecule has 0 aliphatic carbocycles. The van der Waals surface area contributed by atoms with Gasteiger partial charge in [-0.15, -0.1) is 0 Å². The van der Waals surface area contributed by atoms with Gasteiger partial charge in [0, 0.05) is 10.5 Å². The Morgan fingerprint density at radius 2 is 1.92 bits per heavy atom. The number of carbonyl (C=O) groups excluding carboxylic acids is 1. The number of ether oxygens (including phenoxy) is 1. The zero-order chi connectivity index (χ0) is 17.5. The predicted molar refractivity (Wildman–Crippen MR) is 104 cm³/mol.